The van der Waals surface area contributed by atoms with Crippen LogP contribution in [0, 0.1) is 5.92 Å². The molecule has 1 aromatic carbocycles. The molecule has 30 heavy (non-hydrogen) atoms. The number of sulfone groups is 1. The molecule has 1 aliphatic heterocycles. The number of carbonyl (C=O) groups is 3. The smallest absolute Gasteiger partial charge is 0.252 e. The van der Waals surface area contributed by atoms with E-state index in [1.54, 1.807) is 37.4 Å². The predicted molar refractivity (Wildman–Crippen MR) is 113 cm³/mol. The maximum Gasteiger partial charge on any atom is 0.252 e. The van der Waals surface area contributed by atoms with Crippen molar-refractivity contribution in [3.8, 4) is 0 Å². The van der Waals surface area contributed by atoms with Crippen LogP contribution in [0.4, 0.5) is 0 Å². The van der Waals surface area contributed by atoms with E-state index in [1.807, 2.05) is 6.07 Å². The lowest BCUT2D eigenvalue weighted by atomic mass is 9.94. The zero-order valence-corrected chi connectivity index (χ0v) is 17.8. The maximum absolute atomic E-state index is 12.9. The lowest BCUT2D eigenvalue weighted by molar-refractivity contribution is -0.136. The molecule has 1 aliphatic rings. The van der Waals surface area contributed by atoms with Gasteiger partial charge < -0.3 is 10.2 Å². The van der Waals surface area contributed by atoms with E-state index < -0.39 is 27.5 Å². The van der Waals surface area contributed by atoms with Gasteiger partial charge in [0.25, 0.3) is 5.91 Å². The number of likely N-dealkylation sites (tertiary alicyclic amines) is 1. The fraction of sp³-hybridized carbons (Fsp3) is 0.429. The molecule has 2 heterocycles. The number of nitrogens with one attached hydrogen (secondary N) is 1. The molecular weight excluding hydrogens is 406 g/mol. The van der Waals surface area contributed by atoms with Gasteiger partial charge in [0.2, 0.25) is 5.91 Å². The Bertz CT molecular complexity index is 1080. The van der Waals surface area contributed by atoms with Gasteiger partial charge in [-0.3, -0.25) is 19.4 Å². The van der Waals surface area contributed by atoms with Crippen LogP contribution in [0.3, 0.4) is 0 Å². The van der Waals surface area contributed by atoms with Crippen LogP contribution in [0.25, 0.3) is 10.9 Å². The Labute approximate surface area is 175 Å². The normalized spacial score (nSPS) is 18.1. The number of hydrogen-bond acceptors (Lipinski definition) is 6. The number of fused-ring (bicyclic) bond motifs is 1. The zero-order valence-electron chi connectivity index (χ0n) is 17.0. The molecule has 1 unspecified atom stereocenters. The van der Waals surface area contributed by atoms with Crippen LogP contribution in [0.2, 0.25) is 0 Å². The summed E-state index contributed by atoms with van der Waals surface area (Å²) in [6.45, 7) is 2.25. The standard InChI is InChI=1S/C21H25N3O5S/c1-14(23-20(26)17-7-3-9-18-16(17)8-4-10-22-18)21(27)24-11-5-6-15(12-24)19(25)13-30(2,28)29/h3-4,7-10,14-15H,5-6,11-13H2,1-2H3,(H,23,26)/t14-,15?/m1/s1. The van der Waals surface area contributed by atoms with E-state index in [4.69, 9.17) is 0 Å². The average molecular weight is 432 g/mol. The number of hydrogen-bond donors (Lipinski definition) is 1. The van der Waals surface area contributed by atoms with Crippen molar-refractivity contribution in [1.29, 1.82) is 0 Å². The highest BCUT2D eigenvalue weighted by Crippen LogP contribution is 2.20. The molecule has 1 fully saturated rings. The fourth-order valence-electron chi connectivity index (χ4n) is 3.73. The van der Waals surface area contributed by atoms with Gasteiger partial charge in [0.05, 0.1) is 5.52 Å². The van der Waals surface area contributed by atoms with Crippen molar-refractivity contribution in [2.45, 2.75) is 25.8 Å². The van der Waals surface area contributed by atoms with E-state index in [-0.39, 0.29) is 24.1 Å². The molecule has 2 atom stereocenters. The Balaban J connectivity index is 1.66. The Morgan fingerprint density at radius 3 is 2.73 bits per heavy atom. The van der Waals surface area contributed by atoms with Crippen molar-refractivity contribution in [2.75, 3.05) is 25.1 Å². The number of rotatable bonds is 6. The quantitative estimate of drug-likeness (QED) is 0.735. The highest BCUT2D eigenvalue weighted by atomic mass is 32.2. The molecule has 0 radical (unpaired) electrons. The van der Waals surface area contributed by atoms with Crippen LogP contribution < -0.4 is 5.32 Å². The van der Waals surface area contributed by atoms with Gasteiger partial charge in [-0.25, -0.2) is 8.42 Å². The van der Waals surface area contributed by atoms with E-state index in [1.165, 1.54) is 4.90 Å². The summed E-state index contributed by atoms with van der Waals surface area (Å²) in [5.41, 5.74) is 1.12. The van der Waals surface area contributed by atoms with Gasteiger partial charge in [-0.1, -0.05) is 12.1 Å². The van der Waals surface area contributed by atoms with Gasteiger partial charge in [-0.05, 0) is 38.0 Å². The average Bonchev–Trinajstić information content (AvgIpc) is 2.71. The number of piperidine rings is 1. The van der Waals surface area contributed by atoms with Crippen molar-refractivity contribution in [3.63, 3.8) is 0 Å². The molecule has 0 aliphatic carbocycles. The second-order valence-electron chi connectivity index (χ2n) is 7.73. The molecule has 0 saturated carbocycles. The van der Waals surface area contributed by atoms with E-state index in [2.05, 4.69) is 10.3 Å². The van der Waals surface area contributed by atoms with E-state index >= 15 is 0 Å². The van der Waals surface area contributed by atoms with Gasteiger partial charge in [-0.15, -0.1) is 0 Å². The minimum absolute atomic E-state index is 0.172. The molecular formula is C21H25N3O5S. The van der Waals surface area contributed by atoms with Crippen LogP contribution >= 0.6 is 0 Å². The summed E-state index contributed by atoms with van der Waals surface area (Å²) in [6, 6.07) is 7.98. The second-order valence-corrected chi connectivity index (χ2v) is 9.87. The number of nitrogens with zero attached hydrogens (tertiary/aromatic N) is 2. The number of Topliss-reactive ketones (excluding diaryl/α,β-unsaturated/α-hetero) is 1. The van der Waals surface area contributed by atoms with Crippen LogP contribution in [0.15, 0.2) is 36.5 Å². The number of carbonyl (C=O) groups excluding carboxylic acids is 3. The third-order valence-corrected chi connectivity index (χ3v) is 6.01. The number of benzene rings is 1. The molecule has 3 rings (SSSR count). The van der Waals surface area contributed by atoms with Crippen molar-refractivity contribution in [2.24, 2.45) is 5.92 Å². The highest BCUT2D eigenvalue weighted by Gasteiger charge is 2.32. The molecule has 1 N–H and O–H groups in total. The molecule has 1 saturated heterocycles. The molecule has 9 heteroatoms. The van der Waals surface area contributed by atoms with E-state index in [9.17, 15) is 22.8 Å². The molecule has 160 valence electrons. The SMILES string of the molecule is C[C@@H](NC(=O)c1cccc2ncccc12)C(=O)N1CCCC(C(=O)CS(C)(=O)=O)C1. The Morgan fingerprint density at radius 1 is 1.23 bits per heavy atom. The van der Waals surface area contributed by atoms with E-state index in [0.717, 1.165) is 6.26 Å². The Hall–Kier alpha value is -2.81. The van der Waals surface area contributed by atoms with Crippen molar-refractivity contribution >= 4 is 38.3 Å². The van der Waals surface area contributed by atoms with E-state index in [0.29, 0.717) is 35.9 Å². The lowest BCUT2D eigenvalue weighted by Crippen LogP contribution is -2.51. The van der Waals surface area contributed by atoms with Gasteiger partial charge >= 0.3 is 0 Å². The second kappa shape index (κ2) is 8.91. The third-order valence-electron chi connectivity index (χ3n) is 5.20. The summed E-state index contributed by atoms with van der Waals surface area (Å²) in [5.74, 6) is -2.05. The first kappa shape index (κ1) is 21.9. The number of ketones is 1. The molecule has 1 aromatic heterocycles. The van der Waals surface area contributed by atoms with Crippen molar-refractivity contribution in [1.82, 2.24) is 15.2 Å². The first-order valence-corrected chi connectivity index (χ1v) is 11.9. The number of aromatic nitrogens is 1. The highest BCUT2D eigenvalue weighted by molar-refractivity contribution is 7.91. The van der Waals surface area contributed by atoms with Crippen LogP contribution in [-0.2, 0) is 19.4 Å². The molecule has 2 amide bonds. The Kier molecular flexibility index (Phi) is 6.50. The first-order chi connectivity index (χ1) is 14.2. The molecule has 0 bridgehead atoms. The number of amides is 2. The summed E-state index contributed by atoms with van der Waals surface area (Å²) >= 11 is 0. The Morgan fingerprint density at radius 2 is 2.00 bits per heavy atom. The summed E-state index contributed by atoms with van der Waals surface area (Å²) in [5, 5.41) is 3.42. The lowest BCUT2D eigenvalue weighted by Gasteiger charge is -2.33. The molecule has 8 nitrogen and oxygen atoms in total. The minimum atomic E-state index is -3.41. The monoisotopic (exact) mass is 431 g/mol. The zero-order chi connectivity index (χ0) is 21.9. The van der Waals surface area contributed by atoms with Crippen LogP contribution in [0.1, 0.15) is 30.1 Å². The predicted octanol–water partition coefficient (Wildman–Crippen LogP) is 1.21. The van der Waals surface area contributed by atoms with Gasteiger partial charge in [0, 0.05) is 42.4 Å². The van der Waals surface area contributed by atoms with Gasteiger partial charge in [0.15, 0.2) is 15.6 Å². The topological polar surface area (TPSA) is 114 Å². The van der Waals surface area contributed by atoms with Crippen molar-refractivity contribution in [3.05, 3.63) is 42.1 Å². The first-order valence-electron chi connectivity index (χ1n) is 9.79. The minimum Gasteiger partial charge on any atom is -0.341 e. The maximum atomic E-state index is 12.9. The summed E-state index contributed by atoms with van der Waals surface area (Å²) in [6.07, 6.45) is 3.84. The molecule has 0 spiro atoms. The van der Waals surface area contributed by atoms with Crippen LogP contribution in [-0.4, -0.2) is 67.0 Å². The summed E-state index contributed by atoms with van der Waals surface area (Å²) in [4.78, 5) is 43.6. The van der Waals surface area contributed by atoms with Crippen molar-refractivity contribution < 1.29 is 22.8 Å². The number of pyridine rings is 1. The van der Waals surface area contributed by atoms with Gasteiger partial charge in [0.1, 0.15) is 11.8 Å². The molecule has 2 aromatic rings. The van der Waals surface area contributed by atoms with Gasteiger partial charge in [-0.2, -0.15) is 0 Å². The summed E-state index contributed by atoms with van der Waals surface area (Å²) < 4.78 is 22.8. The summed E-state index contributed by atoms with van der Waals surface area (Å²) in [7, 11) is -3.41. The fourth-order valence-corrected chi connectivity index (χ4v) is 4.48. The largest absolute Gasteiger partial charge is 0.341 e. The van der Waals surface area contributed by atoms with Crippen LogP contribution in [0.5, 0.6) is 0 Å². The third kappa shape index (κ3) is 5.21.